The van der Waals surface area contributed by atoms with Crippen molar-refractivity contribution in [2.45, 2.75) is 6.54 Å². The first-order valence-electron chi connectivity index (χ1n) is 6.21. The fraction of sp³-hybridized carbons (Fsp3) is 0.417. The standard InChI is InChI=1S/C12H15N5OS/c18-12(11-7-13-15-14-11)17-4-2-16(3-5-17)8-10-1-6-19-9-10/h1,6-7,9H,2-5,8H2,(H,13,14,15). The summed E-state index contributed by atoms with van der Waals surface area (Å²) in [4.78, 5) is 16.3. The lowest BCUT2D eigenvalue weighted by Crippen LogP contribution is -2.48. The quantitative estimate of drug-likeness (QED) is 0.902. The molecule has 0 unspecified atom stereocenters. The summed E-state index contributed by atoms with van der Waals surface area (Å²) in [5, 5.41) is 14.2. The topological polar surface area (TPSA) is 65.1 Å². The van der Waals surface area contributed by atoms with E-state index >= 15 is 0 Å². The van der Waals surface area contributed by atoms with E-state index in [2.05, 4.69) is 37.1 Å². The molecule has 0 bridgehead atoms. The first-order chi connectivity index (χ1) is 9.33. The second kappa shape index (κ2) is 5.50. The zero-order valence-corrected chi connectivity index (χ0v) is 11.3. The molecule has 1 saturated heterocycles. The van der Waals surface area contributed by atoms with Crippen LogP contribution in [0, 0.1) is 0 Å². The van der Waals surface area contributed by atoms with Crippen molar-refractivity contribution < 1.29 is 4.79 Å². The van der Waals surface area contributed by atoms with Gasteiger partial charge in [0, 0.05) is 32.7 Å². The molecule has 7 heteroatoms. The van der Waals surface area contributed by atoms with Crippen LogP contribution in [0.25, 0.3) is 0 Å². The Hall–Kier alpha value is -1.73. The number of hydrogen-bond acceptors (Lipinski definition) is 5. The Bertz CT molecular complexity index is 516. The van der Waals surface area contributed by atoms with Crippen LogP contribution < -0.4 is 0 Å². The average Bonchev–Trinajstić information content (AvgIpc) is 3.12. The van der Waals surface area contributed by atoms with Crippen molar-refractivity contribution in [3.8, 4) is 0 Å². The number of nitrogens with one attached hydrogen (secondary N) is 1. The molecule has 0 spiro atoms. The first-order valence-corrected chi connectivity index (χ1v) is 7.16. The van der Waals surface area contributed by atoms with Crippen LogP contribution in [-0.4, -0.2) is 57.3 Å². The number of aromatic amines is 1. The minimum Gasteiger partial charge on any atom is -0.335 e. The zero-order chi connectivity index (χ0) is 13.1. The van der Waals surface area contributed by atoms with Gasteiger partial charge in [-0.2, -0.15) is 26.7 Å². The number of amides is 1. The second-order valence-corrected chi connectivity index (χ2v) is 5.34. The predicted molar refractivity (Wildman–Crippen MR) is 71.9 cm³/mol. The SMILES string of the molecule is O=C(c1cn[nH]n1)N1CCN(Cc2ccsc2)CC1. The smallest absolute Gasteiger partial charge is 0.276 e. The third-order valence-electron chi connectivity index (χ3n) is 3.28. The molecular weight excluding hydrogens is 262 g/mol. The molecule has 19 heavy (non-hydrogen) atoms. The Morgan fingerprint density at radius 3 is 2.84 bits per heavy atom. The monoisotopic (exact) mass is 277 g/mol. The summed E-state index contributed by atoms with van der Waals surface area (Å²) in [5.41, 5.74) is 1.74. The predicted octanol–water partition coefficient (Wildman–Crippen LogP) is 0.824. The molecule has 1 amide bonds. The Morgan fingerprint density at radius 2 is 2.21 bits per heavy atom. The number of rotatable bonds is 3. The Labute approximate surface area is 115 Å². The van der Waals surface area contributed by atoms with E-state index < -0.39 is 0 Å². The van der Waals surface area contributed by atoms with Crippen LogP contribution in [0.3, 0.4) is 0 Å². The Balaban J connectivity index is 1.53. The maximum atomic E-state index is 12.1. The molecule has 0 aromatic carbocycles. The van der Waals surface area contributed by atoms with Gasteiger partial charge in [0.25, 0.3) is 5.91 Å². The number of thiophene rings is 1. The number of carbonyl (C=O) groups is 1. The molecule has 0 atom stereocenters. The van der Waals surface area contributed by atoms with Crippen LogP contribution >= 0.6 is 11.3 Å². The van der Waals surface area contributed by atoms with Crippen molar-refractivity contribution in [2.75, 3.05) is 26.2 Å². The lowest BCUT2D eigenvalue weighted by atomic mass is 10.2. The van der Waals surface area contributed by atoms with Crippen molar-refractivity contribution in [1.82, 2.24) is 25.2 Å². The van der Waals surface area contributed by atoms with Gasteiger partial charge in [0.1, 0.15) is 0 Å². The van der Waals surface area contributed by atoms with Gasteiger partial charge in [-0.05, 0) is 22.4 Å². The molecule has 2 aromatic rings. The summed E-state index contributed by atoms with van der Waals surface area (Å²) in [6.07, 6.45) is 1.47. The maximum absolute atomic E-state index is 12.1. The van der Waals surface area contributed by atoms with Crippen LogP contribution in [-0.2, 0) is 6.54 Å². The minimum absolute atomic E-state index is 0.0380. The molecular formula is C12H15N5OS. The van der Waals surface area contributed by atoms with E-state index in [4.69, 9.17) is 0 Å². The third-order valence-corrected chi connectivity index (χ3v) is 4.01. The molecule has 1 aliphatic heterocycles. The molecule has 100 valence electrons. The van der Waals surface area contributed by atoms with E-state index in [0.717, 1.165) is 32.7 Å². The van der Waals surface area contributed by atoms with Gasteiger partial charge in [-0.25, -0.2) is 0 Å². The van der Waals surface area contributed by atoms with Gasteiger partial charge < -0.3 is 4.90 Å². The minimum atomic E-state index is -0.0380. The van der Waals surface area contributed by atoms with Crippen LogP contribution in [0.1, 0.15) is 16.1 Å². The number of hydrogen-bond donors (Lipinski definition) is 1. The summed E-state index contributed by atoms with van der Waals surface area (Å²) in [6, 6.07) is 2.15. The van der Waals surface area contributed by atoms with Crippen LogP contribution in [0.15, 0.2) is 23.0 Å². The van der Waals surface area contributed by atoms with Crippen LogP contribution in [0.4, 0.5) is 0 Å². The Morgan fingerprint density at radius 1 is 1.37 bits per heavy atom. The van der Waals surface area contributed by atoms with Gasteiger partial charge in [0.15, 0.2) is 5.69 Å². The molecule has 1 fully saturated rings. The normalized spacial score (nSPS) is 16.7. The van der Waals surface area contributed by atoms with E-state index in [9.17, 15) is 4.79 Å². The van der Waals surface area contributed by atoms with Crippen molar-refractivity contribution in [3.05, 3.63) is 34.3 Å². The molecule has 3 heterocycles. The fourth-order valence-corrected chi connectivity index (χ4v) is 2.88. The second-order valence-electron chi connectivity index (χ2n) is 4.56. The number of carbonyl (C=O) groups excluding carboxylic acids is 1. The number of nitrogens with zero attached hydrogens (tertiary/aromatic N) is 4. The lowest BCUT2D eigenvalue weighted by Gasteiger charge is -2.34. The van der Waals surface area contributed by atoms with Gasteiger partial charge in [-0.1, -0.05) is 0 Å². The molecule has 0 saturated carbocycles. The van der Waals surface area contributed by atoms with Gasteiger partial charge in [-0.15, -0.1) is 0 Å². The number of aromatic nitrogens is 3. The van der Waals surface area contributed by atoms with Crippen molar-refractivity contribution in [2.24, 2.45) is 0 Å². The van der Waals surface area contributed by atoms with E-state index in [1.54, 1.807) is 11.3 Å². The first kappa shape index (κ1) is 12.3. The van der Waals surface area contributed by atoms with Gasteiger partial charge in [0.05, 0.1) is 6.20 Å². The molecule has 6 nitrogen and oxygen atoms in total. The highest BCUT2D eigenvalue weighted by atomic mass is 32.1. The molecule has 0 aliphatic carbocycles. The van der Waals surface area contributed by atoms with E-state index in [0.29, 0.717) is 5.69 Å². The Kier molecular flexibility index (Phi) is 3.56. The van der Waals surface area contributed by atoms with Gasteiger partial charge >= 0.3 is 0 Å². The van der Waals surface area contributed by atoms with Crippen molar-refractivity contribution >= 4 is 17.2 Å². The van der Waals surface area contributed by atoms with Gasteiger partial charge in [-0.3, -0.25) is 9.69 Å². The summed E-state index contributed by atoms with van der Waals surface area (Å²) in [6.45, 7) is 4.26. The molecule has 1 N–H and O–H groups in total. The fourth-order valence-electron chi connectivity index (χ4n) is 2.22. The largest absolute Gasteiger partial charge is 0.335 e. The van der Waals surface area contributed by atoms with Crippen molar-refractivity contribution in [3.63, 3.8) is 0 Å². The lowest BCUT2D eigenvalue weighted by molar-refractivity contribution is 0.0623. The molecule has 0 radical (unpaired) electrons. The molecule has 2 aromatic heterocycles. The van der Waals surface area contributed by atoms with E-state index in [1.165, 1.54) is 11.8 Å². The summed E-state index contributed by atoms with van der Waals surface area (Å²) in [7, 11) is 0. The third kappa shape index (κ3) is 2.82. The van der Waals surface area contributed by atoms with Crippen molar-refractivity contribution in [1.29, 1.82) is 0 Å². The maximum Gasteiger partial charge on any atom is 0.276 e. The zero-order valence-electron chi connectivity index (χ0n) is 10.5. The van der Waals surface area contributed by atoms with Crippen LogP contribution in [0.5, 0.6) is 0 Å². The molecule has 3 rings (SSSR count). The highest BCUT2D eigenvalue weighted by molar-refractivity contribution is 7.07. The summed E-state index contributed by atoms with van der Waals surface area (Å²) < 4.78 is 0. The van der Waals surface area contributed by atoms with E-state index in [1.807, 2.05) is 4.90 Å². The van der Waals surface area contributed by atoms with Gasteiger partial charge in [0.2, 0.25) is 0 Å². The number of piperazine rings is 1. The summed E-state index contributed by atoms with van der Waals surface area (Å²) >= 11 is 1.72. The summed E-state index contributed by atoms with van der Waals surface area (Å²) in [5.74, 6) is -0.0380. The molecule has 1 aliphatic rings. The highest BCUT2D eigenvalue weighted by Crippen LogP contribution is 2.12. The van der Waals surface area contributed by atoms with E-state index in [-0.39, 0.29) is 5.91 Å². The number of H-pyrrole nitrogens is 1. The van der Waals surface area contributed by atoms with Crippen LogP contribution in [0.2, 0.25) is 0 Å². The average molecular weight is 277 g/mol. The highest BCUT2D eigenvalue weighted by Gasteiger charge is 2.23.